The largest absolute Gasteiger partial charge is 0.481 e. The van der Waals surface area contributed by atoms with Crippen molar-refractivity contribution in [2.75, 3.05) is 0 Å². The molecule has 0 aromatic carbocycles. The molecule has 0 aliphatic heterocycles. The van der Waals surface area contributed by atoms with Gasteiger partial charge in [0.2, 0.25) is 0 Å². The van der Waals surface area contributed by atoms with E-state index in [1.165, 1.54) is 44.9 Å². The quantitative estimate of drug-likeness (QED) is 0.522. The molecule has 0 fully saturated rings. The van der Waals surface area contributed by atoms with Crippen molar-refractivity contribution in [1.82, 2.24) is 0 Å². The zero-order chi connectivity index (χ0) is 11.4. The molecule has 0 heterocycles. The number of unbranched alkanes of at least 4 members (excludes halogenated alkanes) is 9. The summed E-state index contributed by atoms with van der Waals surface area (Å²) in [4.78, 5) is 10.2. The van der Waals surface area contributed by atoms with Crippen molar-refractivity contribution < 1.29 is 9.90 Å². The highest BCUT2D eigenvalue weighted by Gasteiger charge is 1.96. The molecule has 1 N–H and O–H groups in total. The first-order valence-electron chi connectivity index (χ1n) is 6.28. The second-order valence-corrected chi connectivity index (χ2v) is 4.18. The molecule has 0 unspecified atom stereocenters. The van der Waals surface area contributed by atoms with Gasteiger partial charge in [0.15, 0.2) is 0 Å². The smallest absolute Gasteiger partial charge is 0.303 e. The standard InChI is InChI=1S/C13H25O2/c1-2-3-4-5-6-7-8-9-10-11-12-13(14)15/h1-12H2,(H,14,15). The number of hydrogen-bond acceptors (Lipinski definition) is 1. The van der Waals surface area contributed by atoms with Crippen LogP contribution in [0.3, 0.4) is 0 Å². The molecule has 2 nitrogen and oxygen atoms in total. The number of carboxylic acid groups (broad SMARTS) is 1. The summed E-state index contributed by atoms with van der Waals surface area (Å²) in [7, 11) is 0. The molecule has 0 saturated carbocycles. The molecule has 0 rings (SSSR count). The first-order valence-corrected chi connectivity index (χ1v) is 6.28. The number of rotatable bonds is 11. The van der Waals surface area contributed by atoms with E-state index in [4.69, 9.17) is 5.11 Å². The van der Waals surface area contributed by atoms with Crippen molar-refractivity contribution in [2.45, 2.75) is 70.6 Å². The number of aliphatic carboxylic acids is 1. The van der Waals surface area contributed by atoms with Gasteiger partial charge in [-0.25, -0.2) is 0 Å². The Labute approximate surface area is 94.1 Å². The van der Waals surface area contributed by atoms with Crippen LogP contribution in [0.15, 0.2) is 0 Å². The number of carboxylic acids is 1. The maximum atomic E-state index is 10.2. The minimum atomic E-state index is -0.664. The number of carbonyl (C=O) groups is 1. The highest BCUT2D eigenvalue weighted by Crippen LogP contribution is 2.10. The van der Waals surface area contributed by atoms with E-state index in [-0.39, 0.29) is 0 Å². The summed E-state index contributed by atoms with van der Waals surface area (Å²) in [6, 6.07) is 0. The Hall–Kier alpha value is -0.530. The summed E-state index contributed by atoms with van der Waals surface area (Å²) in [5, 5.41) is 8.43. The van der Waals surface area contributed by atoms with Gasteiger partial charge in [0, 0.05) is 6.42 Å². The van der Waals surface area contributed by atoms with Crippen LogP contribution in [0.4, 0.5) is 0 Å². The monoisotopic (exact) mass is 213 g/mol. The van der Waals surface area contributed by atoms with Gasteiger partial charge in [-0.05, 0) is 6.42 Å². The number of hydrogen-bond donors (Lipinski definition) is 1. The van der Waals surface area contributed by atoms with Crippen LogP contribution in [0.1, 0.15) is 70.6 Å². The molecular formula is C13H25O2. The van der Waals surface area contributed by atoms with Crippen LogP contribution in [0.5, 0.6) is 0 Å². The molecular weight excluding hydrogens is 188 g/mol. The molecule has 0 atom stereocenters. The lowest BCUT2D eigenvalue weighted by Crippen LogP contribution is -1.93. The van der Waals surface area contributed by atoms with E-state index in [1.54, 1.807) is 0 Å². The average molecular weight is 213 g/mol. The van der Waals surface area contributed by atoms with Gasteiger partial charge < -0.3 is 5.11 Å². The second-order valence-electron chi connectivity index (χ2n) is 4.18. The van der Waals surface area contributed by atoms with E-state index < -0.39 is 5.97 Å². The molecule has 15 heavy (non-hydrogen) atoms. The fourth-order valence-electron chi connectivity index (χ4n) is 1.69. The van der Waals surface area contributed by atoms with E-state index in [0.29, 0.717) is 6.42 Å². The molecule has 0 aromatic rings. The third kappa shape index (κ3) is 13.5. The minimum Gasteiger partial charge on any atom is -0.481 e. The van der Waals surface area contributed by atoms with Crippen LogP contribution in [0.25, 0.3) is 0 Å². The highest BCUT2D eigenvalue weighted by atomic mass is 16.4. The van der Waals surface area contributed by atoms with Crippen molar-refractivity contribution in [1.29, 1.82) is 0 Å². The Morgan fingerprint density at radius 3 is 1.60 bits per heavy atom. The summed E-state index contributed by atoms with van der Waals surface area (Å²) >= 11 is 0. The van der Waals surface area contributed by atoms with Gasteiger partial charge >= 0.3 is 5.97 Å². The van der Waals surface area contributed by atoms with Gasteiger partial charge in [-0.3, -0.25) is 4.79 Å². The van der Waals surface area contributed by atoms with Crippen molar-refractivity contribution in [3.05, 3.63) is 6.92 Å². The van der Waals surface area contributed by atoms with Crippen LogP contribution < -0.4 is 0 Å². The van der Waals surface area contributed by atoms with Crippen molar-refractivity contribution in [2.24, 2.45) is 0 Å². The van der Waals surface area contributed by atoms with Gasteiger partial charge in [0.25, 0.3) is 0 Å². The molecule has 0 aliphatic carbocycles. The third-order valence-corrected chi connectivity index (χ3v) is 2.64. The van der Waals surface area contributed by atoms with Gasteiger partial charge in [-0.2, -0.15) is 0 Å². The van der Waals surface area contributed by atoms with E-state index in [2.05, 4.69) is 6.92 Å². The molecule has 0 saturated heterocycles. The highest BCUT2D eigenvalue weighted by molar-refractivity contribution is 5.66. The Morgan fingerprint density at radius 2 is 1.20 bits per heavy atom. The normalized spacial score (nSPS) is 10.5. The van der Waals surface area contributed by atoms with Crippen molar-refractivity contribution in [3.8, 4) is 0 Å². The molecule has 0 spiro atoms. The molecule has 0 aromatic heterocycles. The maximum absolute atomic E-state index is 10.2. The first-order chi connectivity index (χ1) is 7.27. The fourth-order valence-corrected chi connectivity index (χ4v) is 1.69. The molecule has 0 bridgehead atoms. The lowest BCUT2D eigenvalue weighted by molar-refractivity contribution is -0.137. The Balaban J connectivity index is 2.89. The predicted octanol–water partition coefficient (Wildman–Crippen LogP) is 4.20. The fraction of sp³-hybridized carbons (Fsp3) is 0.846. The van der Waals surface area contributed by atoms with E-state index >= 15 is 0 Å². The van der Waals surface area contributed by atoms with E-state index in [9.17, 15) is 4.79 Å². The summed E-state index contributed by atoms with van der Waals surface area (Å²) in [6.45, 7) is 3.82. The Morgan fingerprint density at radius 1 is 0.800 bits per heavy atom. The van der Waals surface area contributed by atoms with Gasteiger partial charge in [0.1, 0.15) is 0 Å². The van der Waals surface area contributed by atoms with Crippen LogP contribution >= 0.6 is 0 Å². The zero-order valence-corrected chi connectivity index (χ0v) is 9.84. The SMILES string of the molecule is [CH2]CCCCCCCCCCCC(=O)O. The summed E-state index contributed by atoms with van der Waals surface area (Å²) in [6.07, 6.45) is 12.3. The Bertz CT molecular complexity index is 143. The van der Waals surface area contributed by atoms with E-state index in [1.807, 2.05) is 0 Å². The van der Waals surface area contributed by atoms with Crippen LogP contribution in [-0.4, -0.2) is 11.1 Å². The molecule has 0 aliphatic rings. The average Bonchev–Trinajstić information content (AvgIpc) is 2.20. The topological polar surface area (TPSA) is 37.3 Å². The van der Waals surface area contributed by atoms with Crippen LogP contribution in [-0.2, 0) is 4.79 Å². The Kier molecular flexibility index (Phi) is 11.1. The van der Waals surface area contributed by atoms with Crippen LogP contribution in [0.2, 0.25) is 0 Å². The lowest BCUT2D eigenvalue weighted by Gasteiger charge is -2.01. The zero-order valence-electron chi connectivity index (χ0n) is 9.84. The summed E-state index contributed by atoms with van der Waals surface area (Å²) in [5.74, 6) is -0.664. The summed E-state index contributed by atoms with van der Waals surface area (Å²) in [5.41, 5.74) is 0. The van der Waals surface area contributed by atoms with Crippen molar-refractivity contribution in [3.63, 3.8) is 0 Å². The van der Waals surface area contributed by atoms with Crippen molar-refractivity contribution >= 4 is 5.97 Å². The third-order valence-electron chi connectivity index (χ3n) is 2.64. The van der Waals surface area contributed by atoms with E-state index in [0.717, 1.165) is 19.3 Å². The first kappa shape index (κ1) is 14.5. The lowest BCUT2D eigenvalue weighted by atomic mass is 10.1. The molecule has 2 heteroatoms. The maximum Gasteiger partial charge on any atom is 0.303 e. The predicted molar refractivity (Wildman–Crippen MR) is 63.8 cm³/mol. The minimum absolute atomic E-state index is 0.337. The second kappa shape index (κ2) is 11.5. The molecule has 1 radical (unpaired) electrons. The molecule has 89 valence electrons. The van der Waals surface area contributed by atoms with Gasteiger partial charge in [0.05, 0.1) is 0 Å². The molecule has 0 amide bonds. The van der Waals surface area contributed by atoms with Crippen LogP contribution in [0, 0.1) is 6.92 Å². The van der Waals surface area contributed by atoms with Gasteiger partial charge in [-0.1, -0.05) is 64.7 Å². The summed E-state index contributed by atoms with van der Waals surface area (Å²) < 4.78 is 0. The van der Waals surface area contributed by atoms with Gasteiger partial charge in [-0.15, -0.1) is 0 Å².